The molecule has 0 aliphatic heterocycles. The lowest BCUT2D eigenvalue weighted by Gasteiger charge is -2.35. The first kappa shape index (κ1) is 20.9. The van der Waals surface area contributed by atoms with Gasteiger partial charge in [0.2, 0.25) is 0 Å². The van der Waals surface area contributed by atoms with E-state index in [-0.39, 0.29) is 16.8 Å². The molecule has 4 heteroatoms. The number of nitrogens with two attached hydrogens (primary N) is 1. The van der Waals surface area contributed by atoms with E-state index < -0.39 is 11.9 Å². The van der Waals surface area contributed by atoms with E-state index in [1.807, 2.05) is 43.3 Å². The lowest BCUT2D eigenvalue weighted by Crippen LogP contribution is -2.29. The number of fused-ring (bicyclic) bond motifs is 1. The van der Waals surface area contributed by atoms with E-state index in [1.54, 1.807) is 18.2 Å². The van der Waals surface area contributed by atoms with Crippen molar-refractivity contribution in [1.29, 1.82) is 0 Å². The predicted octanol–water partition coefficient (Wildman–Crippen LogP) is 4.73. The summed E-state index contributed by atoms with van der Waals surface area (Å²) in [5.74, 6) is -1.59. The fourth-order valence-electron chi connectivity index (χ4n) is 4.90. The standard InChI is InChI=1S/C27H27NO3/c1-16(18-9-6-7-11-20(18)26(30)31)24-21(14-27(2,3)15-23(24)29)25-19-10-5-4-8-17(19)12-13-22(25)28/h4-13,16H,14-15,28H2,1-3H3,(H,30,31)/p-1. The maximum Gasteiger partial charge on any atom is 0.160 e. The molecule has 0 aromatic heterocycles. The van der Waals surface area contributed by atoms with Crippen LogP contribution in [0.1, 0.15) is 61.0 Å². The van der Waals surface area contributed by atoms with Crippen LogP contribution >= 0.6 is 0 Å². The highest BCUT2D eigenvalue weighted by molar-refractivity contribution is 6.11. The highest BCUT2D eigenvalue weighted by Crippen LogP contribution is 2.48. The van der Waals surface area contributed by atoms with E-state index in [0.717, 1.165) is 21.9 Å². The summed E-state index contributed by atoms with van der Waals surface area (Å²) in [4.78, 5) is 25.2. The van der Waals surface area contributed by atoms with Crippen molar-refractivity contribution in [3.8, 4) is 0 Å². The van der Waals surface area contributed by atoms with Crippen molar-refractivity contribution in [2.75, 3.05) is 5.73 Å². The summed E-state index contributed by atoms with van der Waals surface area (Å²) in [6, 6.07) is 18.6. The highest BCUT2D eigenvalue weighted by atomic mass is 16.4. The van der Waals surface area contributed by atoms with Crippen LogP contribution in [0.5, 0.6) is 0 Å². The van der Waals surface area contributed by atoms with Crippen molar-refractivity contribution in [2.24, 2.45) is 5.41 Å². The average molecular weight is 413 g/mol. The van der Waals surface area contributed by atoms with Gasteiger partial charge in [0.05, 0.1) is 5.97 Å². The lowest BCUT2D eigenvalue weighted by molar-refractivity contribution is -0.255. The van der Waals surface area contributed by atoms with E-state index in [2.05, 4.69) is 13.8 Å². The third-order valence-electron chi connectivity index (χ3n) is 6.26. The molecule has 0 spiro atoms. The summed E-state index contributed by atoms with van der Waals surface area (Å²) in [5.41, 5.74) is 10.0. The van der Waals surface area contributed by atoms with Gasteiger partial charge in [-0.05, 0) is 39.8 Å². The highest BCUT2D eigenvalue weighted by Gasteiger charge is 2.37. The summed E-state index contributed by atoms with van der Waals surface area (Å²) < 4.78 is 0. The summed E-state index contributed by atoms with van der Waals surface area (Å²) in [7, 11) is 0. The molecule has 0 heterocycles. The largest absolute Gasteiger partial charge is 0.545 e. The van der Waals surface area contributed by atoms with E-state index in [9.17, 15) is 14.7 Å². The second kappa shape index (κ2) is 7.69. The number of carboxylic acids is 1. The third-order valence-corrected chi connectivity index (χ3v) is 6.26. The van der Waals surface area contributed by atoms with Crippen LogP contribution in [0.2, 0.25) is 0 Å². The second-order valence-corrected chi connectivity index (χ2v) is 9.18. The minimum Gasteiger partial charge on any atom is -0.545 e. The van der Waals surface area contributed by atoms with Crippen LogP contribution in [0.15, 0.2) is 66.2 Å². The number of allylic oxidation sites excluding steroid dienone is 2. The molecule has 3 aromatic carbocycles. The first-order valence-corrected chi connectivity index (χ1v) is 10.5. The molecule has 4 rings (SSSR count). The Labute approximate surface area is 182 Å². The number of aromatic carboxylic acids is 1. The maximum atomic E-state index is 13.5. The van der Waals surface area contributed by atoms with Crippen LogP contribution < -0.4 is 10.8 Å². The second-order valence-electron chi connectivity index (χ2n) is 9.18. The Morgan fingerprint density at radius 3 is 2.42 bits per heavy atom. The molecule has 0 saturated carbocycles. The molecule has 2 N–H and O–H groups in total. The van der Waals surface area contributed by atoms with E-state index in [0.29, 0.717) is 29.7 Å². The predicted molar refractivity (Wildman–Crippen MR) is 122 cm³/mol. The molecule has 0 radical (unpaired) electrons. The maximum absolute atomic E-state index is 13.5. The molecule has 4 nitrogen and oxygen atoms in total. The normalized spacial score (nSPS) is 17.1. The van der Waals surface area contributed by atoms with Gasteiger partial charge in [-0.1, -0.05) is 75.4 Å². The number of anilines is 1. The Morgan fingerprint density at radius 2 is 1.68 bits per heavy atom. The van der Waals surface area contributed by atoms with Gasteiger partial charge in [0.15, 0.2) is 5.78 Å². The summed E-state index contributed by atoms with van der Waals surface area (Å²) in [5, 5.41) is 13.8. The molecule has 1 unspecified atom stereocenters. The first-order valence-electron chi connectivity index (χ1n) is 10.5. The molecule has 0 bridgehead atoms. The molecule has 0 saturated heterocycles. The zero-order valence-corrected chi connectivity index (χ0v) is 18.1. The number of hydrogen-bond acceptors (Lipinski definition) is 4. The number of ketones is 1. The van der Waals surface area contributed by atoms with Crippen molar-refractivity contribution < 1.29 is 14.7 Å². The van der Waals surface area contributed by atoms with Gasteiger partial charge in [0, 0.05) is 34.7 Å². The number of benzene rings is 3. The number of carbonyl (C=O) groups is 2. The average Bonchev–Trinajstić information content (AvgIpc) is 2.72. The van der Waals surface area contributed by atoms with E-state index >= 15 is 0 Å². The number of carbonyl (C=O) groups excluding carboxylic acids is 2. The Balaban J connectivity index is 2.03. The van der Waals surface area contributed by atoms with Crippen LogP contribution in [0.3, 0.4) is 0 Å². The van der Waals surface area contributed by atoms with Gasteiger partial charge in [0.1, 0.15) is 0 Å². The van der Waals surface area contributed by atoms with Crippen molar-refractivity contribution in [1.82, 2.24) is 0 Å². The van der Waals surface area contributed by atoms with Crippen molar-refractivity contribution >= 4 is 33.8 Å². The Bertz CT molecular complexity index is 1240. The smallest absolute Gasteiger partial charge is 0.160 e. The summed E-state index contributed by atoms with van der Waals surface area (Å²) in [6.45, 7) is 6.07. The molecular weight excluding hydrogens is 386 g/mol. The lowest BCUT2D eigenvalue weighted by atomic mass is 9.68. The SMILES string of the molecule is CC(C1=C(c2c(N)ccc3ccccc23)CC(C)(C)CC1=O)c1ccccc1C(=O)[O-]. The molecule has 0 fully saturated rings. The van der Waals surface area contributed by atoms with Crippen molar-refractivity contribution in [2.45, 2.75) is 39.5 Å². The molecule has 158 valence electrons. The third kappa shape index (κ3) is 3.74. The van der Waals surface area contributed by atoms with Crippen LogP contribution in [-0.4, -0.2) is 11.8 Å². The van der Waals surface area contributed by atoms with E-state index in [4.69, 9.17) is 5.73 Å². The van der Waals surface area contributed by atoms with Gasteiger partial charge >= 0.3 is 0 Å². The topological polar surface area (TPSA) is 83.2 Å². The van der Waals surface area contributed by atoms with Crippen LogP contribution in [0, 0.1) is 5.41 Å². The molecule has 1 aliphatic rings. The molecule has 0 amide bonds. The fraction of sp³-hybridized carbons (Fsp3) is 0.259. The quantitative estimate of drug-likeness (QED) is 0.628. The minimum absolute atomic E-state index is 0.0410. The van der Waals surface area contributed by atoms with Gasteiger partial charge in [-0.15, -0.1) is 0 Å². The number of carboxylic acid groups (broad SMARTS) is 1. The van der Waals surface area contributed by atoms with Gasteiger partial charge in [-0.3, -0.25) is 4.79 Å². The monoisotopic (exact) mass is 412 g/mol. The number of hydrogen-bond donors (Lipinski definition) is 1. The summed E-state index contributed by atoms with van der Waals surface area (Å²) >= 11 is 0. The van der Waals surface area contributed by atoms with Gasteiger partial charge < -0.3 is 15.6 Å². The molecule has 1 aliphatic carbocycles. The van der Waals surface area contributed by atoms with Gasteiger partial charge in [-0.25, -0.2) is 0 Å². The fourth-order valence-corrected chi connectivity index (χ4v) is 4.90. The van der Waals surface area contributed by atoms with Crippen LogP contribution in [0.25, 0.3) is 16.3 Å². The number of rotatable bonds is 4. The molecular formula is C27H26NO3-. The first-order chi connectivity index (χ1) is 14.7. The van der Waals surface area contributed by atoms with Crippen LogP contribution in [-0.2, 0) is 4.79 Å². The minimum atomic E-state index is -1.24. The van der Waals surface area contributed by atoms with E-state index in [1.165, 1.54) is 6.07 Å². The van der Waals surface area contributed by atoms with Gasteiger partial charge in [-0.2, -0.15) is 0 Å². The van der Waals surface area contributed by atoms with Crippen LogP contribution in [0.4, 0.5) is 5.69 Å². The number of Topliss-reactive ketones (excluding diaryl/α,β-unsaturated/α-hetero) is 1. The molecule has 3 aromatic rings. The Kier molecular flexibility index (Phi) is 5.18. The molecule has 1 atom stereocenters. The van der Waals surface area contributed by atoms with Crippen molar-refractivity contribution in [3.05, 3.63) is 82.9 Å². The molecule has 31 heavy (non-hydrogen) atoms. The Hall–Kier alpha value is -3.40. The number of nitrogen functional groups attached to an aromatic ring is 1. The zero-order valence-electron chi connectivity index (χ0n) is 18.1. The zero-order chi connectivity index (χ0) is 22.3. The van der Waals surface area contributed by atoms with Gasteiger partial charge in [0.25, 0.3) is 0 Å². The summed E-state index contributed by atoms with van der Waals surface area (Å²) in [6.07, 6.45) is 1.10. The Morgan fingerprint density at radius 1 is 1.00 bits per heavy atom. The van der Waals surface area contributed by atoms with Crippen molar-refractivity contribution in [3.63, 3.8) is 0 Å².